The minimum atomic E-state index is -0.317. The topological polar surface area (TPSA) is 46.2 Å². The highest BCUT2D eigenvalue weighted by atomic mass is 19.1. The van der Waals surface area contributed by atoms with Crippen LogP contribution in [0, 0.1) is 12.7 Å². The van der Waals surface area contributed by atoms with Crippen molar-refractivity contribution in [3.05, 3.63) is 35.1 Å². The zero-order valence-corrected chi connectivity index (χ0v) is 8.33. The van der Waals surface area contributed by atoms with Crippen LogP contribution in [-0.2, 0) is 0 Å². The number of aliphatic hydroxyl groups is 1. The Morgan fingerprint density at radius 2 is 2.21 bits per heavy atom. The van der Waals surface area contributed by atoms with E-state index < -0.39 is 0 Å². The second kappa shape index (κ2) is 5.08. The molecule has 0 saturated carbocycles. The number of benzene rings is 1. The van der Waals surface area contributed by atoms with Gasteiger partial charge in [-0.2, -0.15) is 0 Å². The number of aliphatic hydroxyl groups excluding tert-OH is 1. The number of halogens is 1. The average Bonchev–Trinajstić information content (AvgIpc) is 2.14. The van der Waals surface area contributed by atoms with Gasteiger partial charge in [0.25, 0.3) is 0 Å². The molecule has 0 radical (unpaired) electrons. The van der Waals surface area contributed by atoms with Crippen LogP contribution < -0.4 is 5.73 Å². The van der Waals surface area contributed by atoms with E-state index in [1.807, 2.05) is 13.0 Å². The SMILES string of the molecule is Cc1ccc([C@@H](N)CCCO)c(F)c1. The second-order valence-electron chi connectivity index (χ2n) is 3.50. The molecule has 1 rings (SSSR count). The van der Waals surface area contributed by atoms with E-state index in [-0.39, 0.29) is 18.5 Å². The zero-order valence-electron chi connectivity index (χ0n) is 8.33. The van der Waals surface area contributed by atoms with Gasteiger partial charge in [-0.25, -0.2) is 4.39 Å². The van der Waals surface area contributed by atoms with Gasteiger partial charge >= 0.3 is 0 Å². The first-order valence-electron chi connectivity index (χ1n) is 4.77. The third kappa shape index (κ3) is 2.79. The number of aryl methyl sites for hydroxylation is 1. The molecule has 0 spiro atoms. The molecule has 1 aromatic rings. The lowest BCUT2D eigenvalue weighted by Crippen LogP contribution is -2.12. The van der Waals surface area contributed by atoms with Crippen molar-refractivity contribution in [2.24, 2.45) is 5.73 Å². The Morgan fingerprint density at radius 1 is 1.50 bits per heavy atom. The number of rotatable bonds is 4. The summed E-state index contributed by atoms with van der Waals surface area (Å²) in [5, 5.41) is 8.63. The highest BCUT2D eigenvalue weighted by Crippen LogP contribution is 2.19. The van der Waals surface area contributed by atoms with Gasteiger partial charge in [0.1, 0.15) is 5.82 Å². The van der Waals surface area contributed by atoms with Crippen molar-refractivity contribution in [3.8, 4) is 0 Å². The Kier molecular flexibility index (Phi) is 4.04. The van der Waals surface area contributed by atoms with Crippen LogP contribution in [0.1, 0.15) is 30.0 Å². The minimum absolute atomic E-state index is 0.0984. The lowest BCUT2D eigenvalue weighted by Gasteiger charge is -2.12. The fourth-order valence-electron chi connectivity index (χ4n) is 1.40. The molecule has 0 unspecified atom stereocenters. The van der Waals surface area contributed by atoms with Crippen LogP contribution in [0.15, 0.2) is 18.2 Å². The molecule has 0 fully saturated rings. The van der Waals surface area contributed by atoms with Crippen molar-refractivity contribution >= 4 is 0 Å². The third-order valence-corrected chi connectivity index (χ3v) is 2.23. The van der Waals surface area contributed by atoms with Gasteiger partial charge in [0, 0.05) is 18.2 Å². The van der Waals surface area contributed by atoms with E-state index >= 15 is 0 Å². The second-order valence-corrected chi connectivity index (χ2v) is 3.50. The summed E-state index contributed by atoms with van der Waals surface area (Å²) in [5.74, 6) is -0.254. The Hall–Kier alpha value is -0.930. The Bertz CT molecular complexity index is 301. The van der Waals surface area contributed by atoms with Gasteiger partial charge in [0.05, 0.1) is 0 Å². The predicted octanol–water partition coefficient (Wildman–Crippen LogP) is 1.91. The lowest BCUT2D eigenvalue weighted by molar-refractivity contribution is 0.279. The Morgan fingerprint density at radius 3 is 2.79 bits per heavy atom. The summed E-state index contributed by atoms with van der Waals surface area (Å²) in [5.41, 5.74) is 7.20. The summed E-state index contributed by atoms with van der Waals surface area (Å²) in [6.07, 6.45) is 1.21. The monoisotopic (exact) mass is 197 g/mol. The smallest absolute Gasteiger partial charge is 0.128 e. The van der Waals surface area contributed by atoms with Crippen molar-refractivity contribution in [3.63, 3.8) is 0 Å². The van der Waals surface area contributed by atoms with E-state index in [2.05, 4.69) is 0 Å². The molecule has 0 aromatic heterocycles. The molecular formula is C11H16FNO. The van der Waals surface area contributed by atoms with Crippen molar-refractivity contribution in [1.82, 2.24) is 0 Å². The summed E-state index contributed by atoms with van der Waals surface area (Å²) in [4.78, 5) is 0. The highest BCUT2D eigenvalue weighted by Gasteiger charge is 2.10. The fourth-order valence-corrected chi connectivity index (χ4v) is 1.40. The molecule has 0 saturated heterocycles. The summed E-state index contributed by atoms with van der Waals surface area (Å²) in [6, 6.07) is 4.72. The van der Waals surface area contributed by atoms with Gasteiger partial charge in [0.2, 0.25) is 0 Å². The Balaban J connectivity index is 2.74. The van der Waals surface area contributed by atoms with Crippen LogP contribution in [0.2, 0.25) is 0 Å². The highest BCUT2D eigenvalue weighted by molar-refractivity contribution is 5.25. The maximum absolute atomic E-state index is 13.4. The number of hydrogen-bond acceptors (Lipinski definition) is 2. The number of hydrogen-bond donors (Lipinski definition) is 2. The summed E-state index contributed by atoms with van der Waals surface area (Å²) < 4.78 is 13.4. The van der Waals surface area contributed by atoms with Gasteiger partial charge in [0.15, 0.2) is 0 Å². The summed E-state index contributed by atoms with van der Waals surface area (Å²) >= 11 is 0. The van der Waals surface area contributed by atoms with Crippen molar-refractivity contribution in [2.45, 2.75) is 25.8 Å². The van der Waals surface area contributed by atoms with Gasteiger partial charge in [-0.15, -0.1) is 0 Å². The summed E-state index contributed by atoms with van der Waals surface area (Å²) in [7, 11) is 0. The molecule has 1 aromatic carbocycles. The van der Waals surface area contributed by atoms with Crippen LogP contribution in [0.3, 0.4) is 0 Å². The third-order valence-electron chi connectivity index (χ3n) is 2.23. The van der Waals surface area contributed by atoms with Crippen molar-refractivity contribution in [1.29, 1.82) is 0 Å². The number of nitrogens with two attached hydrogens (primary N) is 1. The van der Waals surface area contributed by atoms with Gasteiger partial charge in [-0.3, -0.25) is 0 Å². The molecule has 0 heterocycles. The molecule has 0 bridgehead atoms. The van der Waals surface area contributed by atoms with E-state index in [4.69, 9.17) is 10.8 Å². The fraction of sp³-hybridized carbons (Fsp3) is 0.455. The molecule has 14 heavy (non-hydrogen) atoms. The van der Waals surface area contributed by atoms with Crippen LogP contribution >= 0.6 is 0 Å². The van der Waals surface area contributed by atoms with E-state index in [1.54, 1.807) is 6.07 Å². The first-order chi connectivity index (χ1) is 6.65. The Labute approximate surface area is 83.6 Å². The summed E-state index contributed by atoms with van der Waals surface area (Å²) in [6.45, 7) is 1.94. The molecule has 2 nitrogen and oxygen atoms in total. The minimum Gasteiger partial charge on any atom is -0.396 e. The van der Waals surface area contributed by atoms with Crippen LogP contribution in [-0.4, -0.2) is 11.7 Å². The van der Waals surface area contributed by atoms with Crippen molar-refractivity contribution in [2.75, 3.05) is 6.61 Å². The van der Waals surface area contributed by atoms with E-state index in [9.17, 15) is 4.39 Å². The molecule has 0 aliphatic rings. The van der Waals surface area contributed by atoms with Gasteiger partial charge in [-0.1, -0.05) is 12.1 Å². The van der Waals surface area contributed by atoms with E-state index in [1.165, 1.54) is 6.07 Å². The maximum atomic E-state index is 13.4. The molecular weight excluding hydrogens is 181 g/mol. The molecule has 0 aliphatic heterocycles. The average molecular weight is 197 g/mol. The molecule has 3 N–H and O–H groups in total. The lowest BCUT2D eigenvalue weighted by atomic mass is 10.0. The quantitative estimate of drug-likeness (QED) is 0.774. The molecule has 0 aliphatic carbocycles. The molecule has 78 valence electrons. The standard InChI is InChI=1S/C11H16FNO/c1-8-4-5-9(10(12)7-8)11(13)3-2-6-14/h4-5,7,11,14H,2-3,6,13H2,1H3/t11-/m0/s1. The van der Waals surface area contributed by atoms with E-state index in [0.29, 0.717) is 18.4 Å². The zero-order chi connectivity index (χ0) is 10.6. The van der Waals surface area contributed by atoms with E-state index in [0.717, 1.165) is 5.56 Å². The largest absolute Gasteiger partial charge is 0.396 e. The van der Waals surface area contributed by atoms with Crippen molar-refractivity contribution < 1.29 is 9.50 Å². The van der Waals surface area contributed by atoms with Gasteiger partial charge < -0.3 is 10.8 Å². The molecule has 3 heteroatoms. The van der Waals surface area contributed by atoms with Gasteiger partial charge in [-0.05, 0) is 31.4 Å². The first-order valence-corrected chi connectivity index (χ1v) is 4.77. The normalized spacial score (nSPS) is 12.9. The molecule has 1 atom stereocenters. The first kappa shape index (κ1) is 11.1. The molecule has 0 amide bonds. The van der Waals surface area contributed by atoms with Crippen LogP contribution in [0.25, 0.3) is 0 Å². The predicted molar refractivity (Wildman–Crippen MR) is 54.4 cm³/mol. The van der Waals surface area contributed by atoms with Crippen LogP contribution in [0.5, 0.6) is 0 Å². The maximum Gasteiger partial charge on any atom is 0.128 e. The van der Waals surface area contributed by atoms with Crippen LogP contribution in [0.4, 0.5) is 4.39 Å².